The molecule has 0 radical (unpaired) electrons. The summed E-state index contributed by atoms with van der Waals surface area (Å²) < 4.78 is 39.6. The fourth-order valence-electron chi connectivity index (χ4n) is 2.64. The van der Waals surface area contributed by atoms with E-state index in [9.17, 15) is 18.0 Å². The maximum absolute atomic E-state index is 13.0. The number of halogens is 4. The van der Waals surface area contributed by atoms with E-state index in [1.807, 2.05) is 6.92 Å². The van der Waals surface area contributed by atoms with Gasteiger partial charge in [0.05, 0.1) is 10.6 Å². The minimum absolute atomic E-state index is 0.0215. The van der Waals surface area contributed by atoms with Crippen molar-refractivity contribution >= 4 is 39.5 Å². The number of rotatable bonds is 3. The van der Waals surface area contributed by atoms with Crippen molar-refractivity contribution in [3.63, 3.8) is 0 Å². The molecule has 0 saturated heterocycles. The molecule has 0 saturated carbocycles. The van der Waals surface area contributed by atoms with E-state index in [1.54, 1.807) is 42.5 Å². The lowest BCUT2D eigenvalue weighted by atomic mass is 10.1. The Kier molecular flexibility index (Phi) is 4.75. The molecule has 4 aromatic rings. The highest BCUT2D eigenvalue weighted by Crippen LogP contribution is 2.32. The molecule has 1 amide bonds. The molecule has 6 nitrogen and oxygen atoms in total. The summed E-state index contributed by atoms with van der Waals surface area (Å²) in [5, 5.41) is 14.0. The third-order valence-electron chi connectivity index (χ3n) is 3.98. The van der Waals surface area contributed by atoms with Crippen molar-refractivity contribution in [3.8, 4) is 10.6 Å². The van der Waals surface area contributed by atoms with E-state index in [-0.39, 0.29) is 4.96 Å². The number of benzene rings is 2. The molecule has 0 atom stereocenters. The molecular formula is C18H11ClF3N5OS. The Balaban J connectivity index is 1.63. The van der Waals surface area contributed by atoms with E-state index >= 15 is 0 Å². The molecule has 0 aliphatic rings. The van der Waals surface area contributed by atoms with Crippen LogP contribution >= 0.6 is 22.9 Å². The van der Waals surface area contributed by atoms with Crippen molar-refractivity contribution in [2.75, 3.05) is 5.32 Å². The lowest BCUT2D eigenvalue weighted by molar-refractivity contribution is -0.146. The van der Waals surface area contributed by atoms with Gasteiger partial charge < -0.3 is 5.32 Å². The van der Waals surface area contributed by atoms with E-state index < -0.39 is 17.9 Å². The second kappa shape index (κ2) is 7.12. The monoisotopic (exact) mass is 437 g/mol. The lowest BCUT2D eigenvalue weighted by Crippen LogP contribution is -2.12. The first kappa shape index (κ1) is 19.3. The molecule has 0 unspecified atom stereocenters. The Hall–Kier alpha value is -2.98. The van der Waals surface area contributed by atoms with Crippen molar-refractivity contribution in [2.45, 2.75) is 13.1 Å². The van der Waals surface area contributed by atoms with E-state index in [2.05, 4.69) is 20.6 Å². The highest BCUT2D eigenvalue weighted by molar-refractivity contribution is 7.19. The number of nitrogens with zero attached hydrogens (tertiary/aromatic N) is 4. The Bertz CT molecular complexity index is 1230. The first-order valence-corrected chi connectivity index (χ1v) is 9.39. The maximum atomic E-state index is 13.0. The van der Waals surface area contributed by atoms with Crippen LogP contribution in [0.1, 0.15) is 21.7 Å². The van der Waals surface area contributed by atoms with Crippen LogP contribution in [0, 0.1) is 6.92 Å². The number of fused-ring (bicyclic) bond motifs is 1. The van der Waals surface area contributed by atoms with Crippen LogP contribution in [0.4, 0.5) is 18.9 Å². The van der Waals surface area contributed by atoms with E-state index in [1.165, 1.54) is 0 Å². The van der Waals surface area contributed by atoms with Gasteiger partial charge in [0.2, 0.25) is 4.96 Å². The molecule has 0 fully saturated rings. The van der Waals surface area contributed by atoms with Crippen LogP contribution < -0.4 is 5.32 Å². The molecule has 2 heterocycles. The smallest absolute Gasteiger partial charge is 0.322 e. The van der Waals surface area contributed by atoms with Gasteiger partial charge in [-0.15, -0.1) is 10.2 Å². The van der Waals surface area contributed by atoms with Crippen molar-refractivity contribution < 1.29 is 18.0 Å². The van der Waals surface area contributed by atoms with Crippen molar-refractivity contribution in [1.82, 2.24) is 19.8 Å². The van der Waals surface area contributed by atoms with Crippen LogP contribution in [-0.2, 0) is 6.18 Å². The average molecular weight is 438 g/mol. The second-order valence-corrected chi connectivity index (χ2v) is 7.50. The summed E-state index contributed by atoms with van der Waals surface area (Å²) in [5.74, 6) is -1.59. The van der Waals surface area contributed by atoms with Crippen molar-refractivity contribution in [2.24, 2.45) is 0 Å². The second-order valence-electron chi connectivity index (χ2n) is 6.14. The van der Waals surface area contributed by atoms with Gasteiger partial charge >= 0.3 is 6.18 Å². The highest BCUT2D eigenvalue weighted by Gasteiger charge is 2.38. The highest BCUT2D eigenvalue weighted by atomic mass is 35.5. The van der Waals surface area contributed by atoms with Gasteiger partial charge in [0.1, 0.15) is 5.01 Å². The average Bonchev–Trinajstić information content (AvgIpc) is 3.21. The Labute approximate surface area is 171 Å². The van der Waals surface area contributed by atoms with Crippen LogP contribution in [0.25, 0.3) is 15.5 Å². The number of alkyl halides is 3. The molecule has 0 aliphatic heterocycles. The molecular weight excluding hydrogens is 427 g/mol. The molecule has 0 aliphatic carbocycles. The molecule has 11 heteroatoms. The Morgan fingerprint density at radius 2 is 1.97 bits per heavy atom. The maximum Gasteiger partial charge on any atom is 0.453 e. The van der Waals surface area contributed by atoms with Gasteiger partial charge in [-0.25, -0.2) is 0 Å². The van der Waals surface area contributed by atoms with Crippen LogP contribution in [0.2, 0.25) is 5.02 Å². The van der Waals surface area contributed by atoms with Gasteiger partial charge in [0.15, 0.2) is 0 Å². The summed E-state index contributed by atoms with van der Waals surface area (Å²) in [6.45, 7) is 1.86. The molecule has 2 aromatic carbocycles. The predicted octanol–water partition coefficient (Wildman–Crippen LogP) is 5.09. The van der Waals surface area contributed by atoms with Crippen LogP contribution in [0.5, 0.6) is 0 Å². The van der Waals surface area contributed by atoms with Crippen molar-refractivity contribution in [3.05, 3.63) is 64.4 Å². The number of nitrogens with one attached hydrogen (secondary N) is 1. The third kappa shape index (κ3) is 3.81. The summed E-state index contributed by atoms with van der Waals surface area (Å²) >= 11 is 7.09. The number of carbonyl (C=O) groups is 1. The van der Waals surface area contributed by atoms with Gasteiger partial charge in [-0.2, -0.15) is 22.8 Å². The molecule has 1 N–H and O–H groups in total. The fraction of sp³-hybridized carbons (Fsp3) is 0.111. The summed E-state index contributed by atoms with van der Waals surface area (Å²) in [4.78, 5) is 12.5. The molecule has 2 aromatic heterocycles. The number of hydrogen-bond acceptors (Lipinski definition) is 5. The number of amides is 1. The Morgan fingerprint density at radius 3 is 2.69 bits per heavy atom. The number of hydrogen-bond donors (Lipinski definition) is 1. The van der Waals surface area contributed by atoms with Gasteiger partial charge in [0.25, 0.3) is 11.7 Å². The minimum Gasteiger partial charge on any atom is -0.322 e. The molecule has 148 valence electrons. The molecule has 0 bridgehead atoms. The molecule has 0 spiro atoms. The topological polar surface area (TPSA) is 72.2 Å². The number of anilines is 1. The molecule has 4 rings (SSSR count). The Morgan fingerprint density at radius 1 is 1.17 bits per heavy atom. The third-order valence-corrected chi connectivity index (χ3v) is 5.24. The van der Waals surface area contributed by atoms with Crippen molar-refractivity contribution in [1.29, 1.82) is 0 Å². The first-order valence-electron chi connectivity index (χ1n) is 8.20. The van der Waals surface area contributed by atoms with Crippen LogP contribution in [0.15, 0.2) is 42.5 Å². The minimum atomic E-state index is -4.66. The van der Waals surface area contributed by atoms with Crippen LogP contribution in [-0.4, -0.2) is 25.7 Å². The summed E-state index contributed by atoms with van der Waals surface area (Å²) in [6, 6.07) is 11.7. The summed E-state index contributed by atoms with van der Waals surface area (Å²) in [7, 11) is 0. The SMILES string of the molecule is Cc1ccc(C(=O)Nc2cccc(-c3nn4c(C(F)(F)F)nnc4s3)c2)c(Cl)c1. The molecule has 29 heavy (non-hydrogen) atoms. The zero-order valence-corrected chi connectivity index (χ0v) is 16.2. The van der Waals surface area contributed by atoms with Crippen LogP contribution in [0.3, 0.4) is 0 Å². The standard InChI is InChI=1S/C18H11ClF3N5OS/c1-9-5-6-12(13(19)7-9)14(28)23-11-4-2-3-10(8-11)15-26-27-16(18(20,21)22)24-25-17(27)29-15/h2-8H,1H3,(H,23,28). The lowest BCUT2D eigenvalue weighted by Gasteiger charge is -2.08. The zero-order chi connectivity index (χ0) is 20.8. The van der Waals surface area contributed by atoms with Gasteiger partial charge in [0, 0.05) is 11.3 Å². The quantitative estimate of drug-likeness (QED) is 0.485. The van der Waals surface area contributed by atoms with E-state index in [4.69, 9.17) is 11.6 Å². The van der Waals surface area contributed by atoms with Gasteiger partial charge in [-0.05, 0) is 36.8 Å². The van der Waals surface area contributed by atoms with Gasteiger partial charge in [-0.1, -0.05) is 41.1 Å². The normalized spacial score (nSPS) is 11.8. The first-order chi connectivity index (χ1) is 13.7. The largest absolute Gasteiger partial charge is 0.453 e. The van der Waals surface area contributed by atoms with Gasteiger partial charge in [-0.3, -0.25) is 4.79 Å². The summed E-state index contributed by atoms with van der Waals surface area (Å²) in [6.07, 6.45) is -4.66. The number of aryl methyl sites for hydroxylation is 1. The summed E-state index contributed by atoms with van der Waals surface area (Å²) in [5.41, 5.74) is 2.22. The number of aromatic nitrogens is 4. The zero-order valence-electron chi connectivity index (χ0n) is 14.7. The fourth-order valence-corrected chi connectivity index (χ4v) is 3.80. The number of carbonyl (C=O) groups excluding carboxylic acids is 1. The van der Waals surface area contributed by atoms with E-state index in [0.29, 0.717) is 31.4 Å². The predicted molar refractivity (Wildman–Crippen MR) is 103 cm³/mol. The van der Waals surface area contributed by atoms with E-state index in [0.717, 1.165) is 16.9 Å².